The summed E-state index contributed by atoms with van der Waals surface area (Å²) >= 11 is 3.23. The molecule has 0 aliphatic carbocycles. The highest BCUT2D eigenvalue weighted by Gasteiger charge is 2.43. The molecule has 1 aromatic carbocycles. The van der Waals surface area contributed by atoms with E-state index in [1.807, 2.05) is 0 Å². The molecule has 2 rings (SSSR count). The highest BCUT2D eigenvalue weighted by molar-refractivity contribution is 9.09. The highest BCUT2D eigenvalue weighted by atomic mass is 79.9. The number of alkyl halides is 1. The molecule has 0 spiro atoms. The lowest BCUT2D eigenvalue weighted by Crippen LogP contribution is -2.15. The highest BCUT2D eigenvalue weighted by Crippen LogP contribution is 2.29. The maximum absolute atomic E-state index is 12.6. The summed E-state index contributed by atoms with van der Waals surface area (Å²) in [5.41, 5.74) is 0. The molecule has 0 radical (unpaired) electrons. The molecule has 2 unspecified atom stereocenters. The van der Waals surface area contributed by atoms with Crippen LogP contribution in [0.3, 0.4) is 0 Å². The van der Waals surface area contributed by atoms with Gasteiger partial charge in [0.05, 0.1) is 4.90 Å². The van der Waals surface area contributed by atoms with Gasteiger partial charge in [-0.15, -0.1) is 0 Å². The van der Waals surface area contributed by atoms with Crippen LogP contribution in [0.5, 0.6) is 0 Å². The van der Waals surface area contributed by atoms with Gasteiger partial charge in [-0.1, -0.05) is 15.9 Å². The predicted octanol–water partition coefficient (Wildman–Crippen LogP) is 1.59. The molecule has 0 N–H and O–H groups in total. The molecule has 3 nitrogen and oxygen atoms in total. The smallest absolute Gasteiger partial charge is 0.207 e. The zero-order valence-corrected chi connectivity index (χ0v) is 10.1. The van der Waals surface area contributed by atoms with Crippen LogP contribution < -0.4 is 0 Å². The quantitative estimate of drug-likeness (QED) is 0.627. The molecule has 1 heterocycles. The van der Waals surface area contributed by atoms with E-state index in [-0.39, 0.29) is 10.9 Å². The fraction of sp³-hybridized carbons (Fsp3) is 0.333. The second kappa shape index (κ2) is 3.84. The van der Waals surface area contributed by atoms with Gasteiger partial charge < -0.3 is 0 Å². The van der Waals surface area contributed by atoms with Gasteiger partial charge in [0.15, 0.2) is 0 Å². The van der Waals surface area contributed by atoms with E-state index in [4.69, 9.17) is 0 Å². The number of hydrogen-bond donors (Lipinski definition) is 0. The van der Waals surface area contributed by atoms with E-state index < -0.39 is 15.8 Å². The van der Waals surface area contributed by atoms with Crippen LogP contribution in [-0.2, 0) is 10.0 Å². The summed E-state index contributed by atoms with van der Waals surface area (Å²) in [6, 6.07) is 4.92. The van der Waals surface area contributed by atoms with Crippen molar-refractivity contribution in [3.8, 4) is 0 Å². The third-order valence-corrected chi connectivity index (χ3v) is 4.94. The molecule has 1 aromatic rings. The van der Waals surface area contributed by atoms with E-state index in [2.05, 4.69) is 15.9 Å². The minimum absolute atomic E-state index is 0.0417. The summed E-state index contributed by atoms with van der Waals surface area (Å²) in [7, 11) is -3.41. The third kappa shape index (κ3) is 2.07. The topological polar surface area (TPSA) is 37.1 Å². The van der Waals surface area contributed by atoms with Crippen LogP contribution in [0, 0.1) is 5.82 Å². The van der Waals surface area contributed by atoms with Gasteiger partial charge in [-0.25, -0.2) is 12.8 Å². The first-order valence-corrected chi connectivity index (χ1v) is 6.95. The summed E-state index contributed by atoms with van der Waals surface area (Å²) in [4.78, 5) is 0.146. The van der Waals surface area contributed by atoms with E-state index in [0.717, 1.165) is 12.1 Å². The van der Waals surface area contributed by atoms with Gasteiger partial charge in [0.1, 0.15) is 5.82 Å². The molecule has 15 heavy (non-hydrogen) atoms. The molecule has 82 valence electrons. The maximum Gasteiger partial charge on any atom is 0.243 e. The first-order chi connectivity index (χ1) is 7.05. The zero-order chi connectivity index (χ0) is 11.1. The van der Waals surface area contributed by atoms with Crippen LogP contribution in [0.15, 0.2) is 29.2 Å². The summed E-state index contributed by atoms with van der Waals surface area (Å²) in [5.74, 6) is -0.434. The fourth-order valence-corrected chi connectivity index (χ4v) is 3.65. The minimum atomic E-state index is -3.41. The molecule has 1 fully saturated rings. The van der Waals surface area contributed by atoms with Crippen LogP contribution in [-0.4, -0.2) is 30.6 Å². The maximum atomic E-state index is 12.6. The Kier molecular flexibility index (Phi) is 2.83. The third-order valence-electron chi connectivity index (χ3n) is 2.26. The Morgan fingerprint density at radius 2 is 2.00 bits per heavy atom. The standard InChI is InChI=1S/C9H9BrFNO2S/c10-5-8-6-12(8)15(13,14)9-3-1-7(11)2-4-9/h1-4,8H,5-6H2. The normalized spacial score (nSPS) is 25.2. The lowest BCUT2D eigenvalue weighted by Gasteiger charge is -2.04. The van der Waals surface area contributed by atoms with Crippen molar-refractivity contribution in [1.82, 2.24) is 4.31 Å². The van der Waals surface area contributed by atoms with Gasteiger partial charge in [0, 0.05) is 17.9 Å². The Bertz CT molecular complexity index is 460. The van der Waals surface area contributed by atoms with E-state index in [1.54, 1.807) is 0 Å². The van der Waals surface area contributed by atoms with Crippen molar-refractivity contribution in [3.05, 3.63) is 30.1 Å². The number of benzene rings is 1. The molecule has 0 bridgehead atoms. The number of sulfonamides is 1. The van der Waals surface area contributed by atoms with Crippen molar-refractivity contribution in [2.75, 3.05) is 11.9 Å². The summed E-state index contributed by atoms with van der Waals surface area (Å²) in [6.45, 7) is 0.533. The van der Waals surface area contributed by atoms with E-state index >= 15 is 0 Å². The first kappa shape index (κ1) is 11.0. The molecular weight excluding hydrogens is 285 g/mol. The average Bonchev–Trinajstić information content (AvgIpc) is 2.98. The molecule has 6 heteroatoms. The van der Waals surface area contributed by atoms with Crippen molar-refractivity contribution in [2.45, 2.75) is 10.9 Å². The molecule has 1 aliphatic heterocycles. The van der Waals surface area contributed by atoms with Gasteiger partial charge in [-0.2, -0.15) is 4.31 Å². The van der Waals surface area contributed by atoms with Gasteiger partial charge in [0.25, 0.3) is 0 Å². The minimum Gasteiger partial charge on any atom is -0.207 e. The number of nitrogens with zero attached hydrogens (tertiary/aromatic N) is 1. The first-order valence-electron chi connectivity index (χ1n) is 4.39. The molecule has 0 amide bonds. The average molecular weight is 294 g/mol. The summed E-state index contributed by atoms with van der Waals surface area (Å²) in [5, 5.41) is 0.632. The monoisotopic (exact) mass is 293 g/mol. The number of hydrogen-bond acceptors (Lipinski definition) is 2. The van der Waals surface area contributed by atoms with E-state index in [0.29, 0.717) is 11.9 Å². The second-order valence-electron chi connectivity index (χ2n) is 3.34. The van der Waals surface area contributed by atoms with Gasteiger partial charge >= 0.3 is 0 Å². The summed E-state index contributed by atoms with van der Waals surface area (Å²) < 4.78 is 37.7. The molecule has 1 aliphatic rings. The Labute approximate surface area is 96.1 Å². The fourth-order valence-electron chi connectivity index (χ4n) is 1.32. The molecular formula is C9H9BrFNO2S. The van der Waals surface area contributed by atoms with E-state index in [1.165, 1.54) is 16.4 Å². The number of rotatable bonds is 3. The van der Waals surface area contributed by atoms with Crippen molar-refractivity contribution >= 4 is 26.0 Å². The molecule has 1 saturated heterocycles. The van der Waals surface area contributed by atoms with Gasteiger partial charge in [-0.05, 0) is 24.3 Å². The molecule has 2 atom stereocenters. The van der Waals surface area contributed by atoms with Crippen LogP contribution in [0.4, 0.5) is 4.39 Å². The Balaban J connectivity index is 2.27. The molecule has 0 aromatic heterocycles. The van der Waals surface area contributed by atoms with Crippen molar-refractivity contribution in [3.63, 3.8) is 0 Å². The summed E-state index contributed by atoms with van der Waals surface area (Å²) in [6.07, 6.45) is 0. The van der Waals surface area contributed by atoms with E-state index in [9.17, 15) is 12.8 Å². The van der Waals surface area contributed by atoms with Gasteiger partial charge in [0.2, 0.25) is 10.0 Å². The number of halogens is 2. The van der Waals surface area contributed by atoms with Crippen LogP contribution >= 0.6 is 15.9 Å². The Morgan fingerprint density at radius 1 is 1.40 bits per heavy atom. The second-order valence-corrected chi connectivity index (χ2v) is 5.87. The predicted molar refractivity (Wildman–Crippen MR) is 57.9 cm³/mol. The SMILES string of the molecule is O=S(=O)(c1ccc(F)cc1)N1CC1CBr. The van der Waals surface area contributed by atoms with Crippen LogP contribution in [0.2, 0.25) is 0 Å². The van der Waals surface area contributed by atoms with Crippen molar-refractivity contribution in [1.29, 1.82) is 0 Å². The lowest BCUT2D eigenvalue weighted by molar-refractivity contribution is 0.555. The van der Waals surface area contributed by atoms with Crippen LogP contribution in [0.25, 0.3) is 0 Å². The molecule has 0 saturated carbocycles. The largest absolute Gasteiger partial charge is 0.243 e. The van der Waals surface area contributed by atoms with Crippen molar-refractivity contribution < 1.29 is 12.8 Å². The Morgan fingerprint density at radius 3 is 2.47 bits per heavy atom. The van der Waals surface area contributed by atoms with Crippen molar-refractivity contribution in [2.24, 2.45) is 0 Å². The lowest BCUT2D eigenvalue weighted by atomic mass is 10.4. The van der Waals surface area contributed by atoms with Crippen LogP contribution in [0.1, 0.15) is 0 Å². The zero-order valence-electron chi connectivity index (χ0n) is 7.73. The Hall–Kier alpha value is -0.460. The van der Waals surface area contributed by atoms with Gasteiger partial charge in [-0.3, -0.25) is 0 Å².